The Morgan fingerprint density at radius 3 is 2.67 bits per heavy atom. The van der Waals surface area contributed by atoms with Crippen LogP contribution in [0, 0.1) is 6.92 Å². The predicted molar refractivity (Wildman–Crippen MR) is 109 cm³/mol. The topological polar surface area (TPSA) is 75.3 Å². The van der Waals surface area contributed by atoms with E-state index in [0.29, 0.717) is 18.3 Å². The zero-order chi connectivity index (χ0) is 16.5. The first-order valence-corrected chi connectivity index (χ1v) is 8.73. The Bertz CT molecular complexity index is 635. The smallest absolute Gasteiger partial charge is 0.223 e. The van der Waals surface area contributed by atoms with E-state index < -0.39 is 0 Å². The van der Waals surface area contributed by atoms with E-state index in [1.54, 1.807) is 18.7 Å². The van der Waals surface area contributed by atoms with Crippen molar-refractivity contribution in [3.63, 3.8) is 0 Å². The molecule has 0 amide bonds. The molecule has 1 aromatic carbocycles. The van der Waals surface area contributed by atoms with Gasteiger partial charge in [0, 0.05) is 35.7 Å². The van der Waals surface area contributed by atoms with Crippen LogP contribution in [-0.4, -0.2) is 34.9 Å². The monoisotopic (exact) mass is 481 g/mol. The van der Waals surface area contributed by atoms with Gasteiger partial charge in [-0.1, -0.05) is 16.8 Å². The number of benzene rings is 1. The molecular weight excluding hydrogens is 461 g/mol. The van der Waals surface area contributed by atoms with Crippen LogP contribution in [0.25, 0.3) is 0 Å². The van der Waals surface area contributed by atoms with Crippen molar-refractivity contribution in [1.29, 1.82) is 0 Å². The summed E-state index contributed by atoms with van der Waals surface area (Å²) in [5, 5.41) is 11.1. The highest BCUT2D eigenvalue weighted by Gasteiger charge is 2.02. The number of nitrogens with zero attached hydrogens (tertiary/aromatic N) is 3. The first-order chi connectivity index (χ1) is 11.2. The summed E-state index contributed by atoms with van der Waals surface area (Å²) in [5.74, 6) is 2.79. The standard InChI is InChI=1S/C15H20ClN5OS.HI/c1-3-17-15(19-10-14-20-11(2)22-21-14)18-8-9-23-13-6-4-12(16)5-7-13;/h4-7H,3,8-10H2,1-2H3,(H2,17,18,19);1H. The highest BCUT2D eigenvalue weighted by molar-refractivity contribution is 14.0. The summed E-state index contributed by atoms with van der Waals surface area (Å²) in [4.78, 5) is 9.76. The molecule has 2 rings (SSSR count). The average molecular weight is 482 g/mol. The molecule has 6 nitrogen and oxygen atoms in total. The molecule has 0 unspecified atom stereocenters. The second kappa shape index (κ2) is 11.5. The summed E-state index contributed by atoms with van der Waals surface area (Å²) in [6.45, 7) is 5.76. The zero-order valence-electron chi connectivity index (χ0n) is 13.6. The van der Waals surface area contributed by atoms with Crippen molar-refractivity contribution in [2.24, 2.45) is 4.99 Å². The summed E-state index contributed by atoms with van der Waals surface area (Å²) < 4.78 is 4.93. The van der Waals surface area contributed by atoms with Crippen molar-refractivity contribution in [3.05, 3.63) is 41.0 Å². The maximum absolute atomic E-state index is 5.87. The fraction of sp³-hybridized carbons (Fsp3) is 0.400. The van der Waals surface area contributed by atoms with Crippen LogP contribution in [0.2, 0.25) is 5.02 Å². The van der Waals surface area contributed by atoms with Crippen molar-refractivity contribution in [1.82, 2.24) is 20.8 Å². The minimum Gasteiger partial charge on any atom is -0.357 e. The molecular formula is C15H21ClIN5OS. The number of aromatic nitrogens is 2. The summed E-state index contributed by atoms with van der Waals surface area (Å²) in [5.41, 5.74) is 0. The molecule has 0 fully saturated rings. The quantitative estimate of drug-likeness (QED) is 0.207. The number of nitrogens with one attached hydrogen (secondary N) is 2. The van der Waals surface area contributed by atoms with Gasteiger partial charge in [-0.15, -0.1) is 35.7 Å². The normalized spacial score (nSPS) is 11.0. The van der Waals surface area contributed by atoms with Gasteiger partial charge in [-0.3, -0.25) is 0 Å². The number of halogens is 2. The van der Waals surface area contributed by atoms with Gasteiger partial charge in [0.15, 0.2) is 11.8 Å². The Kier molecular flexibility index (Phi) is 10.1. The van der Waals surface area contributed by atoms with E-state index >= 15 is 0 Å². The number of thioether (sulfide) groups is 1. The predicted octanol–water partition coefficient (Wildman–Crippen LogP) is 3.50. The van der Waals surface area contributed by atoms with E-state index in [1.165, 1.54) is 4.90 Å². The highest BCUT2D eigenvalue weighted by Crippen LogP contribution is 2.19. The number of guanidine groups is 1. The Morgan fingerprint density at radius 1 is 1.29 bits per heavy atom. The van der Waals surface area contributed by atoms with E-state index in [4.69, 9.17) is 16.1 Å². The molecule has 0 aliphatic carbocycles. The van der Waals surface area contributed by atoms with Gasteiger partial charge < -0.3 is 15.2 Å². The van der Waals surface area contributed by atoms with E-state index in [1.807, 2.05) is 31.2 Å². The molecule has 1 heterocycles. The van der Waals surface area contributed by atoms with E-state index in [2.05, 4.69) is 25.8 Å². The second-order valence-corrected chi connectivity index (χ2v) is 6.26. The van der Waals surface area contributed by atoms with Crippen molar-refractivity contribution in [3.8, 4) is 0 Å². The van der Waals surface area contributed by atoms with Crippen LogP contribution in [0.4, 0.5) is 0 Å². The molecule has 2 N–H and O–H groups in total. The Labute approximate surface area is 168 Å². The average Bonchev–Trinajstić information content (AvgIpc) is 2.96. The third-order valence-electron chi connectivity index (χ3n) is 2.77. The molecule has 24 heavy (non-hydrogen) atoms. The van der Waals surface area contributed by atoms with E-state index in [-0.39, 0.29) is 24.0 Å². The lowest BCUT2D eigenvalue weighted by Crippen LogP contribution is -2.38. The summed E-state index contributed by atoms with van der Waals surface area (Å²) >= 11 is 7.64. The fourth-order valence-corrected chi connectivity index (χ4v) is 2.66. The molecule has 9 heteroatoms. The Morgan fingerprint density at radius 2 is 2.04 bits per heavy atom. The summed E-state index contributed by atoms with van der Waals surface area (Å²) in [6, 6.07) is 7.83. The largest absolute Gasteiger partial charge is 0.357 e. The maximum atomic E-state index is 5.87. The molecule has 132 valence electrons. The number of hydrogen-bond acceptors (Lipinski definition) is 5. The molecule has 1 aromatic heterocycles. The van der Waals surface area contributed by atoms with Gasteiger partial charge in [-0.2, -0.15) is 4.98 Å². The summed E-state index contributed by atoms with van der Waals surface area (Å²) in [6.07, 6.45) is 0. The lowest BCUT2D eigenvalue weighted by molar-refractivity contribution is 0.387. The third kappa shape index (κ3) is 7.71. The number of rotatable bonds is 7. The molecule has 0 saturated heterocycles. The van der Waals surface area contributed by atoms with Crippen molar-refractivity contribution in [2.75, 3.05) is 18.8 Å². The van der Waals surface area contributed by atoms with Gasteiger partial charge >= 0.3 is 0 Å². The molecule has 0 aliphatic heterocycles. The van der Waals surface area contributed by atoms with Crippen molar-refractivity contribution in [2.45, 2.75) is 25.3 Å². The molecule has 0 saturated carbocycles. The van der Waals surface area contributed by atoms with Gasteiger partial charge in [-0.05, 0) is 31.2 Å². The lowest BCUT2D eigenvalue weighted by atomic mass is 10.4. The third-order valence-corrected chi connectivity index (χ3v) is 4.04. The number of aryl methyl sites for hydroxylation is 1. The summed E-state index contributed by atoms with van der Waals surface area (Å²) in [7, 11) is 0. The number of hydrogen-bond donors (Lipinski definition) is 2. The molecule has 0 spiro atoms. The van der Waals surface area contributed by atoms with Gasteiger partial charge in [0.25, 0.3) is 0 Å². The molecule has 2 aromatic rings. The van der Waals surface area contributed by atoms with Crippen molar-refractivity contribution >= 4 is 53.3 Å². The maximum Gasteiger partial charge on any atom is 0.223 e. The van der Waals surface area contributed by atoms with Crippen LogP contribution in [0.1, 0.15) is 18.6 Å². The van der Waals surface area contributed by atoms with Crippen LogP contribution in [0.15, 0.2) is 38.7 Å². The first kappa shape index (κ1) is 21.0. The van der Waals surface area contributed by atoms with Gasteiger partial charge in [0.2, 0.25) is 5.89 Å². The lowest BCUT2D eigenvalue weighted by Gasteiger charge is -2.10. The SMILES string of the molecule is CCNC(=NCc1noc(C)n1)NCCSc1ccc(Cl)cc1.I. The molecule has 0 radical (unpaired) electrons. The fourth-order valence-electron chi connectivity index (χ4n) is 1.77. The van der Waals surface area contributed by atoms with Gasteiger partial charge in [0.1, 0.15) is 6.54 Å². The van der Waals surface area contributed by atoms with Gasteiger partial charge in [-0.25, -0.2) is 4.99 Å². The van der Waals surface area contributed by atoms with Gasteiger partial charge in [0.05, 0.1) is 0 Å². The van der Waals surface area contributed by atoms with Crippen LogP contribution in [0.5, 0.6) is 0 Å². The van der Waals surface area contributed by atoms with Crippen LogP contribution >= 0.6 is 47.3 Å². The van der Waals surface area contributed by atoms with Crippen LogP contribution < -0.4 is 10.6 Å². The highest BCUT2D eigenvalue weighted by atomic mass is 127. The minimum atomic E-state index is 0. The second-order valence-electron chi connectivity index (χ2n) is 4.65. The molecule has 0 aliphatic rings. The van der Waals surface area contributed by atoms with E-state index in [0.717, 1.165) is 29.8 Å². The Hall–Kier alpha value is -1.000. The van der Waals surface area contributed by atoms with Crippen LogP contribution in [0.3, 0.4) is 0 Å². The minimum absolute atomic E-state index is 0. The Balaban J connectivity index is 0.00000288. The van der Waals surface area contributed by atoms with Crippen LogP contribution in [-0.2, 0) is 6.54 Å². The molecule has 0 atom stereocenters. The van der Waals surface area contributed by atoms with Crippen molar-refractivity contribution < 1.29 is 4.52 Å². The zero-order valence-corrected chi connectivity index (χ0v) is 17.5. The number of aliphatic imine (C=N–C) groups is 1. The molecule has 0 bridgehead atoms. The first-order valence-electron chi connectivity index (χ1n) is 7.37. The van der Waals surface area contributed by atoms with E-state index in [9.17, 15) is 0 Å².